The standard InChI is InChI=1S/C11H25N3O/c1-5-14(6-2)9-7-8-11(3,4)10(12)13-15/h15H,5-9H2,1-4H3,(H2,12,13). The van der Waals surface area contributed by atoms with Crippen LogP contribution in [0.1, 0.15) is 40.5 Å². The molecular formula is C11H25N3O. The molecule has 4 heteroatoms. The molecule has 0 radical (unpaired) electrons. The van der Waals surface area contributed by atoms with Crippen molar-refractivity contribution in [1.29, 1.82) is 0 Å². The van der Waals surface area contributed by atoms with Gasteiger partial charge in [-0.05, 0) is 32.5 Å². The molecule has 0 aliphatic heterocycles. The van der Waals surface area contributed by atoms with E-state index < -0.39 is 0 Å². The molecule has 0 fully saturated rings. The smallest absolute Gasteiger partial charge is 0.144 e. The summed E-state index contributed by atoms with van der Waals surface area (Å²) < 4.78 is 0. The second kappa shape index (κ2) is 6.67. The molecule has 0 heterocycles. The lowest BCUT2D eigenvalue weighted by Gasteiger charge is -2.25. The average Bonchev–Trinajstić information content (AvgIpc) is 2.23. The normalized spacial score (nSPS) is 13.5. The lowest BCUT2D eigenvalue weighted by atomic mass is 9.86. The minimum atomic E-state index is -0.206. The largest absolute Gasteiger partial charge is 0.409 e. The molecule has 0 aromatic heterocycles. The Bertz CT molecular complexity index is 198. The zero-order valence-corrected chi connectivity index (χ0v) is 10.5. The van der Waals surface area contributed by atoms with Crippen LogP contribution in [0.25, 0.3) is 0 Å². The molecule has 0 aliphatic rings. The zero-order chi connectivity index (χ0) is 11.9. The van der Waals surface area contributed by atoms with Crippen molar-refractivity contribution in [2.75, 3.05) is 19.6 Å². The van der Waals surface area contributed by atoms with Crippen LogP contribution in [0.4, 0.5) is 0 Å². The Morgan fingerprint density at radius 3 is 2.27 bits per heavy atom. The van der Waals surface area contributed by atoms with Gasteiger partial charge < -0.3 is 15.8 Å². The molecule has 0 saturated carbocycles. The Labute approximate surface area is 93.1 Å². The third-order valence-electron chi connectivity index (χ3n) is 2.97. The quantitative estimate of drug-likeness (QED) is 0.295. The number of nitrogens with zero attached hydrogens (tertiary/aromatic N) is 2. The third-order valence-corrected chi connectivity index (χ3v) is 2.97. The first-order valence-electron chi connectivity index (χ1n) is 5.68. The molecule has 4 nitrogen and oxygen atoms in total. The molecule has 3 N–H and O–H groups in total. The van der Waals surface area contributed by atoms with Gasteiger partial charge in [-0.25, -0.2) is 0 Å². The minimum Gasteiger partial charge on any atom is -0.409 e. The van der Waals surface area contributed by atoms with Gasteiger partial charge in [0.05, 0.1) is 0 Å². The van der Waals surface area contributed by atoms with E-state index in [0.29, 0.717) is 5.84 Å². The summed E-state index contributed by atoms with van der Waals surface area (Å²) in [6.07, 6.45) is 2.02. The fourth-order valence-corrected chi connectivity index (χ4v) is 1.55. The number of oxime groups is 1. The van der Waals surface area contributed by atoms with Crippen LogP contribution in [0.2, 0.25) is 0 Å². The fourth-order valence-electron chi connectivity index (χ4n) is 1.55. The van der Waals surface area contributed by atoms with Gasteiger partial charge in [-0.1, -0.05) is 32.9 Å². The predicted octanol–water partition coefficient (Wildman–Crippen LogP) is 1.88. The van der Waals surface area contributed by atoms with Gasteiger partial charge in [0.2, 0.25) is 0 Å². The summed E-state index contributed by atoms with van der Waals surface area (Å²) in [6.45, 7) is 11.6. The van der Waals surface area contributed by atoms with Crippen molar-refractivity contribution in [3.63, 3.8) is 0 Å². The summed E-state index contributed by atoms with van der Waals surface area (Å²) >= 11 is 0. The second-order valence-corrected chi connectivity index (χ2v) is 4.50. The summed E-state index contributed by atoms with van der Waals surface area (Å²) in [5.41, 5.74) is 5.41. The van der Waals surface area contributed by atoms with Gasteiger partial charge in [0.25, 0.3) is 0 Å². The Balaban J connectivity index is 3.94. The number of hydrogen-bond acceptors (Lipinski definition) is 3. The highest BCUT2D eigenvalue weighted by Gasteiger charge is 2.22. The summed E-state index contributed by atoms with van der Waals surface area (Å²) in [4.78, 5) is 2.38. The second-order valence-electron chi connectivity index (χ2n) is 4.50. The van der Waals surface area contributed by atoms with Crippen LogP contribution in [0, 0.1) is 5.41 Å². The molecule has 0 amide bonds. The van der Waals surface area contributed by atoms with E-state index in [2.05, 4.69) is 23.9 Å². The number of nitrogens with two attached hydrogens (primary N) is 1. The molecule has 90 valence electrons. The molecule has 0 saturated heterocycles. The van der Waals surface area contributed by atoms with E-state index in [9.17, 15) is 0 Å². The Morgan fingerprint density at radius 2 is 1.87 bits per heavy atom. The monoisotopic (exact) mass is 215 g/mol. The summed E-state index contributed by atoms with van der Waals surface area (Å²) in [5.74, 6) is 0.321. The molecule has 0 atom stereocenters. The van der Waals surface area contributed by atoms with Gasteiger partial charge in [-0.15, -0.1) is 0 Å². The molecule has 0 bridgehead atoms. The van der Waals surface area contributed by atoms with E-state index in [0.717, 1.165) is 32.5 Å². The lowest BCUT2D eigenvalue weighted by Crippen LogP contribution is -2.33. The number of rotatable bonds is 7. The maximum Gasteiger partial charge on any atom is 0.144 e. The van der Waals surface area contributed by atoms with Crippen molar-refractivity contribution in [2.45, 2.75) is 40.5 Å². The molecule has 15 heavy (non-hydrogen) atoms. The van der Waals surface area contributed by atoms with Crippen molar-refractivity contribution in [3.8, 4) is 0 Å². The average molecular weight is 215 g/mol. The van der Waals surface area contributed by atoms with Crippen LogP contribution >= 0.6 is 0 Å². The zero-order valence-electron chi connectivity index (χ0n) is 10.5. The van der Waals surface area contributed by atoms with Crippen molar-refractivity contribution in [2.24, 2.45) is 16.3 Å². The number of amidine groups is 1. The van der Waals surface area contributed by atoms with Gasteiger partial charge >= 0.3 is 0 Å². The highest BCUT2D eigenvalue weighted by Crippen LogP contribution is 2.22. The van der Waals surface area contributed by atoms with Gasteiger partial charge in [0.1, 0.15) is 5.84 Å². The van der Waals surface area contributed by atoms with Gasteiger partial charge in [0, 0.05) is 5.41 Å². The van der Waals surface area contributed by atoms with E-state index in [-0.39, 0.29) is 5.41 Å². The highest BCUT2D eigenvalue weighted by atomic mass is 16.4. The maximum absolute atomic E-state index is 8.62. The van der Waals surface area contributed by atoms with Crippen molar-refractivity contribution in [3.05, 3.63) is 0 Å². The Kier molecular flexibility index (Phi) is 6.32. The molecule has 0 aliphatic carbocycles. The SMILES string of the molecule is CCN(CC)CCCC(C)(C)C(N)=NO. The van der Waals surface area contributed by atoms with Crippen LogP contribution in [0.5, 0.6) is 0 Å². The summed E-state index contributed by atoms with van der Waals surface area (Å²) in [6, 6.07) is 0. The molecule has 0 rings (SSSR count). The highest BCUT2D eigenvalue weighted by molar-refractivity contribution is 5.85. The van der Waals surface area contributed by atoms with Crippen LogP contribution in [0.15, 0.2) is 5.16 Å². The van der Waals surface area contributed by atoms with Crippen molar-refractivity contribution in [1.82, 2.24) is 4.90 Å². The molecule has 0 aromatic carbocycles. The number of hydrogen-bond donors (Lipinski definition) is 2. The summed E-state index contributed by atoms with van der Waals surface area (Å²) in [5, 5.41) is 11.7. The van der Waals surface area contributed by atoms with Gasteiger partial charge in [0.15, 0.2) is 0 Å². The van der Waals surface area contributed by atoms with E-state index >= 15 is 0 Å². The first-order valence-corrected chi connectivity index (χ1v) is 5.68. The minimum absolute atomic E-state index is 0.206. The lowest BCUT2D eigenvalue weighted by molar-refractivity contribution is 0.275. The fraction of sp³-hybridized carbons (Fsp3) is 0.909. The van der Waals surface area contributed by atoms with Crippen LogP contribution in [-0.2, 0) is 0 Å². The Morgan fingerprint density at radius 1 is 1.33 bits per heavy atom. The summed E-state index contributed by atoms with van der Waals surface area (Å²) in [7, 11) is 0. The van der Waals surface area contributed by atoms with Crippen molar-refractivity contribution >= 4 is 5.84 Å². The van der Waals surface area contributed by atoms with E-state index in [1.54, 1.807) is 0 Å². The third kappa shape index (κ3) is 5.02. The molecule has 0 unspecified atom stereocenters. The van der Waals surface area contributed by atoms with E-state index in [4.69, 9.17) is 10.9 Å². The molecule has 0 spiro atoms. The van der Waals surface area contributed by atoms with Crippen LogP contribution in [-0.4, -0.2) is 35.6 Å². The van der Waals surface area contributed by atoms with Crippen LogP contribution in [0.3, 0.4) is 0 Å². The molecular weight excluding hydrogens is 190 g/mol. The maximum atomic E-state index is 8.62. The van der Waals surface area contributed by atoms with Gasteiger partial charge in [-0.2, -0.15) is 0 Å². The van der Waals surface area contributed by atoms with Crippen molar-refractivity contribution < 1.29 is 5.21 Å². The first-order chi connectivity index (χ1) is 6.97. The first kappa shape index (κ1) is 14.2. The van der Waals surface area contributed by atoms with Gasteiger partial charge in [-0.3, -0.25) is 0 Å². The predicted molar refractivity (Wildman–Crippen MR) is 64.2 cm³/mol. The van der Waals surface area contributed by atoms with E-state index in [1.165, 1.54) is 0 Å². The topological polar surface area (TPSA) is 61.8 Å². The van der Waals surface area contributed by atoms with Crippen LogP contribution < -0.4 is 5.73 Å². The molecule has 0 aromatic rings. The van der Waals surface area contributed by atoms with E-state index in [1.807, 2.05) is 13.8 Å². The Hall–Kier alpha value is -0.770.